The number of hydrogen-bond donors (Lipinski definition) is 1. The van der Waals surface area contributed by atoms with Gasteiger partial charge in [0.1, 0.15) is 11.0 Å². The Morgan fingerprint density at radius 3 is 2.45 bits per heavy atom. The van der Waals surface area contributed by atoms with Gasteiger partial charge < -0.3 is 10.2 Å². The normalized spacial score (nSPS) is 14.7. The number of anilines is 1. The van der Waals surface area contributed by atoms with Crippen LogP contribution in [0.5, 0.6) is 0 Å². The molecule has 1 amide bonds. The first kappa shape index (κ1) is 25.6. The van der Waals surface area contributed by atoms with E-state index < -0.39 is 17.6 Å². The zero-order valence-corrected chi connectivity index (χ0v) is 21.0. The molecule has 1 aliphatic rings. The summed E-state index contributed by atoms with van der Waals surface area (Å²) in [4.78, 5) is 27.5. The molecule has 0 unspecified atom stereocenters. The average molecular weight is 525 g/mol. The second kappa shape index (κ2) is 10.3. The lowest BCUT2D eigenvalue weighted by Crippen LogP contribution is -2.36. The Morgan fingerprint density at radius 1 is 1.05 bits per heavy atom. The Labute approximate surface area is 217 Å². The lowest BCUT2D eigenvalue weighted by Gasteiger charge is -2.32. The van der Waals surface area contributed by atoms with E-state index in [2.05, 4.69) is 42.4 Å². The molecule has 0 spiro atoms. The monoisotopic (exact) mass is 524 g/mol. The number of pyridine rings is 1. The van der Waals surface area contributed by atoms with Crippen LogP contribution < -0.4 is 10.2 Å². The van der Waals surface area contributed by atoms with Crippen LogP contribution in [-0.4, -0.2) is 55.5 Å². The number of piperidine rings is 1. The van der Waals surface area contributed by atoms with Crippen molar-refractivity contribution < 1.29 is 18.0 Å². The molecule has 1 saturated heterocycles. The fourth-order valence-electron chi connectivity index (χ4n) is 4.67. The molecule has 1 fully saturated rings. The van der Waals surface area contributed by atoms with Gasteiger partial charge in [0, 0.05) is 43.2 Å². The molecule has 5 rings (SSSR count). The number of carbonyl (C=O) groups is 1. The number of nitrogens with zero attached hydrogens (tertiary/aromatic N) is 7. The summed E-state index contributed by atoms with van der Waals surface area (Å²) in [7, 11) is 0. The van der Waals surface area contributed by atoms with E-state index >= 15 is 0 Å². The summed E-state index contributed by atoms with van der Waals surface area (Å²) in [5, 5.41) is 11.1. The molecular formula is C26H27F3N8O. The zero-order valence-electron chi connectivity index (χ0n) is 21.0. The average Bonchev–Trinajstić information content (AvgIpc) is 3.36. The van der Waals surface area contributed by atoms with E-state index in [1.807, 2.05) is 12.4 Å². The fourth-order valence-corrected chi connectivity index (χ4v) is 4.67. The molecule has 0 aliphatic carbocycles. The zero-order chi connectivity index (χ0) is 26.9. The maximum absolute atomic E-state index is 13.9. The number of amides is 1. The first-order valence-electron chi connectivity index (χ1n) is 12.5. The predicted octanol–water partition coefficient (Wildman–Crippen LogP) is 4.46. The number of aryl methyl sites for hydroxylation is 1. The van der Waals surface area contributed by atoms with Crippen LogP contribution in [0, 0.1) is 0 Å². The highest BCUT2D eigenvalue weighted by atomic mass is 19.4. The van der Waals surface area contributed by atoms with Crippen molar-refractivity contribution in [3.8, 4) is 11.3 Å². The molecule has 1 aromatic carbocycles. The summed E-state index contributed by atoms with van der Waals surface area (Å²) in [6, 6.07) is 5.08. The highest BCUT2D eigenvalue weighted by molar-refractivity contribution is 5.95. The van der Waals surface area contributed by atoms with Crippen LogP contribution in [0.1, 0.15) is 54.2 Å². The van der Waals surface area contributed by atoms with Gasteiger partial charge in [-0.1, -0.05) is 18.2 Å². The molecule has 9 nitrogen and oxygen atoms in total. The molecule has 4 heterocycles. The van der Waals surface area contributed by atoms with E-state index in [0.29, 0.717) is 23.5 Å². The van der Waals surface area contributed by atoms with Crippen LogP contribution in [0.4, 0.5) is 19.1 Å². The number of hydrogen-bond acceptors (Lipinski definition) is 7. The molecule has 1 aliphatic heterocycles. The molecule has 0 saturated carbocycles. The van der Waals surface area contributed by atoms with Gasteiger partial charge in [-0.15, -0.1) is 5.10 Å². The smallest absolute Gasteiger partial charge is 0.352 e. The summed E-state index contributed by atoms with van der Waals surface area (Å²) < 4.78 is 43.5. The maximum Gasteiger partial charge on any atom is 0.417 e. The number of benzene rings is 1. The summed E-state index contributed by atoms with van der Waals surface area (Å²) in [6.45, 7) is 5.57. The van der Waals surface area contributed by atoms with Crippen molar-refractivity contribution in [3.63, 3.8) is 0 Å². The van der Waals surface area contributed by atoms with Gasteiger partial charge in [-0.25, -0.2) is 14.6 Å². The molecule has 12 heteroatoms. The van der Waals surface area contributed by atoms with Gasteiger partial charge in [0.15, 0.2) is 0 Å². The lowest BCUT2D eigenvalue weighted by molar-refractivity contribution is -0.137. The molecule has 0 bridgehead atoms. The molecule has 4 aromatic rings. The summed E-state index contributed by atoms with van der Waals surface area (Å²) >= 11 is 0. The Bertz CT molecular complexity index is 1440. The third-order valence-corrected chi connectivity index (χ3v) is 6.75. The van der Waals surface area contributed by atoms with E-state index in [9.17, 15) is 18.0 Å². The minimum Gasteiger partial charge on any atom is -0.352 e. The second-order valence-corrected chi connectivity index (χ2v) is 9.17. The van der Waals surface area contributed by atoms with Crippen LogP contribution >= 0.6 is 0 Å². The molecule has 198 valence electrons. The molecule has 38 heavy (non-hydrogen) atoms. The SMILES string of the molecule is CCNC(=O)c1ccc(-c2cc3nnn(C4CCN(c5ncc(CC)cn5)CC4)c3cn2)c(C(F)(F)F)c1. The van der Waals surface area contributed by atoms with Gasteiger partial charge in [-0.05, 0) is 49.9 Å². The van der Waals surface area contributed by atoms with Crippen molar-refractivity contribution >= 4 is 22.9 Å². The number of fused-ring (bicyclic) bond motifs is 1. The molecule has 3 aromatic heterocycles. The van der Waals surface area contributed by atoms with Crippen molar-refractivity contribution in [3.05, 3.63) is 59.5 Å². The van der Waals surface area contributed by atoms with E-state index in [-0.39, 0.29) is 22.9 Å². The number of rotatable bonds is 6. The van der Waals surface area contributed by atoms with Gasteiger partial charge >= 0.3 is 6.18 Å². The van der Waals surface area contributed by atoms with Gasteiger partial charge in [-0.2, -0.15) is 13.2 Å². The van der Waals surface area contributed by atoms with Gasteiger partial charge in [0.05, 0.1) is 23.5 Å². The van der Waals surface area contributed by atoms with Crippen LogP contribution in [0.3, 0.4) is 0 Å². The molecular weight excluding hydrogens is 497 g/mol. The quantitative estimate of drug-likeness (QED) is 0.398. The predicted molar refractivity (Wildman–Crippen MR) is 136 cm³/mol. The van der Waals surface area contributed by atoms with Crippen LogP contribution in [0.2, 0.25) is 0 Å². The Hall–Kier alpha value is -4.09. The third-order valence-electron chi connectivity index (χ3n) is 6.75. The van der Waals surface area contributed by atoms with Crippen molar-refractivity contribution in [2.45, 2.75) is 45.3 Å². The summed E-state index contributed by atoms with van der Waals surface area (Å²) in [5.41, 5.74) is 1.20. The topological polar surface area (TPSA) is 102 Å². The molecule has 0 atom stereocenters. The Kier molecular flexibility index (Phi) is 6.96. The van der Waals surface area contributed by atoms with Crippen LogP contribution in [0.15, 0.2) is 42.9 Å². The summed E-state index contributed by atoms with van der Waals surface area (Å²) in [5.74, 6) is 0.139. The first-order valence-corrected chi connectivity index (χ1v) is 12.5. The van der Waals surface area contributed by atoms with Crippen LogP contribution in [-0.2, 0) is 12.6 Å². The minimum atomic E-state index is -4.67. The Balaban J connectivity index is 1.38. The van der Waals surface area contributed by atoms with E-state index in [0.717, 1.165) is 44.0 Å². The van der Waals surface area contributed by atoms with Gasteiger partial charge in [-0.3, -0.25) is 9.78 Å². The van der Waals surface area contributed by atoms with Crippen LogP contribution in [0.25, 0.3) is 22.3 Å². The van der Waals surface area contributed by atoms with Crippen molar-refractivity contribution in [2.75, 3.05) is 24.5 Å². The largest absolute Gasteiger partial charge is 0.417 e. The maximum atomic E-state index is 13.9. The Morgan fingerprint density at radius 2 is 1.79 bits per heavy atom. The van der Waals surface area contributed by atoms with E-state index in [1.165, 1.54) is 24.4 Å². The number of aromatic nitrogens is 6. The standard InChI is InChI=1S/C26H27F3N8O/c1-3-16-13-32-25(33-14-16)36-9-7-18(8-10-36)37-23-15-31-21(12-22(23)34-35-37)19-6-5-17(24(38)30-4-2)11-20(19)26(27,28)29/h5-6,11-15,18H,3-4,7-10H2,1-2H3,(H,30,38). The fraction of sp³-hybridized carbons (Fsp3) is 0.385. The van der Waals surface area contributed by atoms with Crippen molar-refractivity contribution in [1.82, 2.24) is 35.3 Å². The first-order chi connectivity index (χ1) is 18.3. The number of alkyl halides is 3. The summed E-state index contributed by atoms with van der Waals surface area (Å²) in [6.07, 6.45) is 3.01. The van der Waals surface area contributed by atoms with Crippen molar-refractivity contribution in [1.29, 1.82) is 0 Å². The number of nitrogens with one attached hydrogen (secondary N) is 1. The second-order valence-electron chi connectivity index (χ2n) is 9.17. The molecule has 0 radical (unpaired) electrons. The number of carbonyl (C=O) groups excluding carboxylic acids is 1. The highest BCUT2D eigenvalue weighted by Crippen LogP contribution is 2.38. The van der Waals surface area contributed by atoms with Gasteiger partial charge in [0.25, 0.3) is 5.91 Å². The van der Waals surface area contributed by atoms with Gasteiger partial charge in [0.2, 0.25) is 5.95 Å². The lowest BCUT2D eigenvalue weighted by atomic mass is 9.99. The number of halogens is 3. The highest BCUT2D eigenvalue weighted by Gasteiger charge is 2.35. The molecule has 1 N–H and O–H groups in total. The van der Waals surface area contributed by atoms with Crippen molar-refractivity contribution in [2.24, 2.45) is 0 Å². The van der Waals surface area contributed by atoms with E-state index in [4.69, 9.17) is 0 Å². The van der Waals surface area contributed by atoms with E-state index in [1.54, 1.807) is 11.6 Å². The minimum absolute atomic E-state index is 0.0620. The third kappa shape index (κ3) is 5.02.